The predicted molar refractivity (Wildman–Crippen MR) is 103 cm³/mol. The molecule has 4 N–H and O–H groups in total. The van der Waals surface area contributed by atoms with Crippen molar-refractivity contribution in [1.29, 1.82) is 0 Å². The highest BCUT2D eigenvalue weighted by Crippen LogP contribution is 2.20. The fourth-order valence-electron chi connectivity index (χ4n) is 3.07. The molecule has 1 saturated heterocycles. The van der Waals surface area contributed by atoms with Crippen LogP contribution in [0.4, 0.5) is 0 Å². The number of hydrogen-bond donors (Lipinski definition) is 3. The maximum Gasteiger partial charge on any atom is 0.253 e. The molecular weight excluding hydrogens is 368 g/mol. The van der Waals surface area contributed by atoms with Crippen molar-refractivity contribution in [2.75, 3.05) is 26.2 Å². The number of nitrogens with one attached hydrogen (secondary N) is 2. The van der Waals surface area contributed by atoms with E-state index in [1.54, 1.807) is 30.9 Å². The number of hydrogen-bond acceptors (Lipinski definition) is 5. The van der Waals surface area contributed by atoms with E-state index >= 15 is 0 Å². The SMILES string of the molecule is CC(C)NS(=O)(=O)c1cccc(C(=O)N2CCCC(C(=O)NCCN)C2)c1. The molecule has 0 radical (unpaired) electrons. The molecule has 1 unspecified atom stereocenters. The van der Waals surface area contributed by atoms with Gasteiger partial charge in [0, 0.05) is 37.8 Å². The molecule has 27 heavy (non-hydrogen) atoms. The fraction of sp³-hybridized carbons (Fsp3) is 0.556. The van der Waals surface area contributed by atoms with Crippen LogP contribution in [-0.4, -0.2) is 57.4 Å². The second kappa shape index (κ2) is 9.29. The Morgan fingerprint density at radius 3 is 2.74 bits per heavy atom. The molecule has 0 bridgehead atoms. The highest BCUT2D eigenvalue weighted by Gasteiger charge is 2.29. The number of benzene rings is 1. The van der Waals surface area contributed by atoms with Gasteiger partial charge in [-0.3, -0.25) is 9.59 Å². The zero-order valence-electron chi connectivity index (χ0n) is 15.8. The van der Waals surface area contributed by atoms with E-state index in [1.165, 1.54) is 12.1 Å². The van der Waals surface area contributed by atoms with E-state index in [4.69, 9.17) is 5.73 Å². The van der Waals surface area contributed by atoms with Gasteiger partial charge in [-0.25, -0.2) is 13.1 Å². The second-order valence-corrected chi connectivity index (χ2v) is 8.69. The summed E-state index contributed by atoms with van der Waals surface area (Å²) in [6, 6.07) is 5.74. The van der Waals surface area contributed by atoms with Crippen molar-refractivity contribution in [1.82, 2.24) is 14.9 Å². The van der Waals surface area contributed by atoms with Crippen LogP contribution in [0.1, 0.15) is 37.0 Å². The lowest BCUT2D eigenvalue weighted by Crippen LogP contribution is -2.46. The third-order valence-corrected chi connectivity index (χ3v) is 5.96. The van der Waals surface area contributed by atoms with Crippen LogP contribution in [0.2, 0.25) is 0 Å². The van der Waals surface area contributed by atoms with E-state index < -0.39 is 10.0 Å². The van der Waals surface area contributed by atoms with E-state index in [1.807, 2.05) is 0 Å². The number of sulfonamides is 1. The van der Waals surface area contributed by atoms with Crippen LogP contribution >= 0.6 is 0 Å². The van der Waals surface area contributed by atoms with Gasteiger partial charge in [0.2, 0.25) is 15.9 Å². The first kappa shape index (κ1) is 21.3. The Morgan fingerprint density at radius 1 is 1.33 bits per heavy atom. The summed E-state index contributed by atoms with van der Waals surface area (Å²) in [4.78, 5) is 26.7. The van der Waals surface area contributed by atoms with Crippen molar-refractivity contribution in [3.05, 3.63) is 29.8 Å². The fourth-order valence-corrected chi connectivity index (χ4v) is 4.37. The maximum atomic E-state index is 12.8. The first-order valence-electron chi connectivity index (χ1n) is 9.14. The normalized spacial score (nSPS) is 17.8. The number of amides is 2. The largest absolute Gasteiger partial charge is 0.355 e. The van der Waals surface area contributed by atoms with Crippen LogP contribution in [0.5, 0.6) is 0 Å². The monoisotopic (exact) mass is 396 g/mol. The van der Waals surface area contributed by atoms with E-state index in [0.717, 1.165) is 6.42 Å². The van der Waals surface area contributed by atoms with Crippen LogP contribution in [0.15, 0.2) is 29.2 Å². The van der Waals surface area contributed by atoms with Gasteiger partial charge in [-0.2, -0.15) is 0 Å². The molecule has 1 fully saturated rings. The Bertz CT molecular complexity index is 779. The highest BCUT2D eigenvalue weighted by molar-refractivity contribution is 7.89. The molecule has 0 aromatic heterocycles. The summed E-state index contributed by atoms with van der Waals surface area (Å²) in [7, 11) is -3.68. The summed E-state index contributed by atoms with van der Waals surface area (Å²) >= 11 is 0. The lowest BCUT2D eigenvalue weighted by molar-refractivity contribution is -0.126. The number of piperidine rings is 1. The summed E-state index contributed by atoms with van der Waals surface area (Å²) in [5.74, 6) is -0.646. The van der Waals surface area contributed by atoms with Crippen LogP contribution in [0, 0.1) is 5.92 Å². The van der Waals surface area contributed by atoms with Crippen molar-refractivity contribution in [2.24, 2.45) is 11.7 Å². The first-order chi connectivity index (χ1) is 12.7. The Balaban J connectivity index is 2.13. The van der Waals surface area contributed by atoms with Crippen molar-refractivity contribution >= 4 is 21.8 Å². The Kier molecular flexibility index (Phi) is 7.34. The molecule has 1 aliphatic heterocycles. The van der Waals surface area contributed by atoms with Crippen molar-refractivity contribution in [2.45, 2.75) is 37.6 Å². The predicted octanol–water partition coefficient (Wildman–Crippen LogP) is 0.300. The van der Waals surface area contributed by atoms with Gasteiger partial charge in [0.05, 0.1) is 10.8 Å². The minimum atomic E-state index is -3.68. The number of likely N-dealkylation sites (tertiary alicyclic amines) is 1. The number of rotatable bonds is 7. The van der Waals surface area contributed by atoms with E-state index in [9.17, 15) is 18.0 Å². The van der Waals surface area contributed by atoms with Crippen molar-refractivity contribution in [3.8, 4) is 0 Å². The Hall–Kier alpha value is -1.97. The minimum Gasteiger partial charge on any atom is -0.355 e. The average molecular weight is 397 g/mol. The van der Waals surface area contributed by atoms with Gasteiger partial charge in [-0.1, -0.05) is 6.07 Å². The second-order valence-electron chi connectivity index (χ2n) is 6.97. The molecule has 0 spiro atoms. The lowest BCUT2D eigenvalue weighted by Gasteiger charge is -2.32. The highest BCUT2D eigenvalue weighted by atomic mass is 32.2. The van der Waals surface area contributed by atoms with E-state index in [0.29, 0.717) is 38.2 Å². The zero-order valence-corrected chi connectivity index (χ0v) is 16.6. The summed E-state index contributed by atoms with van der Waals surface area (Å²) in [5, 5.41) is 2.76. The van der Waals surface area contributed by atoms with Gasteiger partial charge in [-0.05, 0) is 44.9 Å². The Labute approximate surface area is 160 Å². The van der Waals surface area contributed by atoms with Gasteiger partial charge in [0.15, 0.2) is 0 Å². The molecule has 2 amide bonds. The van der Waals surface area contributed by atoms with Crippen LogP contribution in [0.25, 0.3) is 0 Å². The molecule has 150 valence electrons. The zero-order chi connectivity index (χ0) is 20.0. The maximum absolute atomic E-state index is 12.8. The summed E-state index contributed by atoms with van der Waals surface area (Å²) < 4.78 is 27.2. The van der Waals surface area contributed by atoms with Crippen molar-refractivity contribution < 1.29 is 18.0 Å². The van der Waals surface area contributed by atoms with E-state index in [2.05, 4.69) is 10.0 Å². The standard InChI is InChI=1S/C18H28N4O4S/c1-13(2)21-27(25,26)16-7-3-5-14(11-16)18(24)22-10-4-6-15(12-22)17(23)20-9-8-19/h3,5,7,11,13,15,21H,4,6,8-10,12,19H2,1-2H3,(H,20,23). The molecule has 1 atom stereocenters. The van der Waals surface area contributed by atoms with Crippen LogP contribution in [0.3, 0.4) is 0 Å². The molecule has 1 aromatic carbocycles. The van der Waals surface area contributed by atoms with Crippen LogP contribution < -0.4 is 15.8 Å². The number of carbonyl (C=O) groups is 2. The van der Waals surface area contributed by atoms with Crippen molar-refractivity contribution in [3.63, 3.8) is 0 Å². The Morgan fingerprint density at radius 2 is 2.07 bits per heavy atom. The van der Waals surface area contributed by atoms with Gasteiger partial charge < -0.3 is 16.0 Å². The molecule has 9 heteroatoms. The smallest absolute Gasteiger partial charge is 0.253 e. The van der Waals surface area contributed by atoms with E-state index in [-0.39, 0.29) is 28.7 Å². The molecular formula is C18H28N4O4S. The first-order valence-corrected chi connectivity index (χ1v) is 10.6. The van der Waals surface area contributed by atoms with Gasteiger partial charge in [0.1, 0.15) is 0 Å². The summed E-state index contributed by atoms with van der Waals surface area (Å²) in [6.07, 6.45) is 1.44. The molecule has 0 saturated carbocycles. The summed E-state index contributed by atoms with van der Waals surface area (Å²) in [5.41, 5.74) is 5.70. The minimum absolute atomic E-state index is 0.0521. The topological polar surface area (TPSA) is 122 Å². The van der Waals surface area contributed by atoms with Gasteiger partial charge >= 0.3 is 0 Å². The third kappa shape index (κ3) is 5.75. The van der Waals surface area contributed by atoms with Gasteiger partial charge in [0.25, 0.3) is 5.91 Å². The number of carbonyl (C=O) groups excluding carboxylic acids is 2. The molecule has 8 nitrogen and oxygen atoms in total. The summed E-state index contributed by atoms with van der Waals surface area (Å²) in [6.45, 7) is 5.10. The molecule has 2 rings (SSSR count). The molecule has 1 heterocycles. The van der Waals surface area contributed by atoms with Crippen LogP contribution in [-0.2, 0) is 14.8 Å². The third-order valence-electron chi connectivity index (χ3n) is 4.31. The van der Waals surface area contributed by atoms with Gasteiger partial charge in [-0.15, -0.1) is 0 Å². The molecule has 1 aliphatic rings. The molecule has 0 aliphatic carbocycles. The quantitative estimate of drug-likeness (QED) is 0.612. The number of nitrogens with two attached hydrogens (primary N) is 1. The molecule has 1 aromatic rings. The average Bonchev–Trinajstić information content (AvgIpc) is 2.64. The lowest BCUT2D eigenvalue weighted by atomic mass is 9.96. The number of nitrogens with zero attached hydrogens (tertiary/aromatic N) is 1.